The molecule has 0 unspecified atom stereocenters. The van der Waals surface area contributed by atoms with Gasteiger partial charge in [0.2, 0.25) is 5.91 Å². The quantitative estimate of drug-likeness (QED) is 0.462. The fourth-order valence-electron chi connectivity index (χ4n) is 3.40. The first-order chi connectivity index (χ1) is 15.5. The van der Waals surface area contributed by atoms with E-state index in [-0.39, 0.29) is 23.7 Å². The molecule has 2 aromatic heterocycles. The van der Waals surface area contributed by atoms with Crippen molar-refractivity contribution in [3.05, 3.63) is 88.7 Å². The average Bonchev–Trinajstić information content (AvgIpc) is 3.23. The van der Waals surface area contributed by atoms with E-state index in [2.05, 4.69) is 10.4 Å². The Morgan fingerprint density at radius 2 is 1.84 bits per heavy atom. The second-order valence-corrected chi connectivity index (χ2v) is 7.27. The van der Waals surface area contributed by atoms with Crippen molar-refractivity contribution in [1.29, 1.82) is 0 Å². The summed E-state index contributed by atoms with van der Waals surface area (Å²) >= 11 is 0. The summed E-state index contributed by atoms with van der Waals surface area (Å²) in [7, 11) is 0. The van der Waals surface area contributed by atoms with E-state index in [1.54, 1.807) is 35.1 Å². The minimum absolute atomic E-state index is 0.155. The lowest BCUT2D eigenvalue weighted by Gasteiger charge is -2.08. The number of ether oxygens (including phenoxy) is 1. The minimum atomic E-state index is -0.338. The molecule has 0 aliphatic carbocycles. The molecule has 0 saturated heterocycles. The van der Waals surface area contributed by atoms with Gasteiger partial charge in [0.15, 0.2) is 0 Å². The van der Waals surface area contributed by atoms with E-state index >= 15 is 0 Å². The molecule has 1 amide bonds. The number of carbonyl (C=O) groups is 1. The topological polar surface area (TPSA) is 77.6 Å². The maximum Gasteiger partial charge on any atom is 0.276 e. The maximum atomic E-state index is 13.0. The number of nitrogens with zero attached hydrogens (tertiary/aromatic N) is 3. The normalized spacial score (nSPS) is 10.9. The third-order valence-electron chi connectivity index (χ3n) is 5.02. The smallest absolute Gasteiger partial charge is 0.276 e. The zero-order chi connectivity index (χ0) is 22.5. The molecule has 8 heteroatoms. The van der Waals surface area contributed by atoms with Gasteiger partial charge in [-0.15, -0.1) is 0 Å². The SMILES string of the molecule is CCOc1ccc(-c2cc3c(=O)n(CCNC(=O)Cc4ccc(F)cc4)ccn3n2)cc1. The molecule has 0 spiro atoms. The minimum Gasteiger partial charge on any atom is -0.494 e. The van der Waals surface area contributed by atoms with Gasteiger partial charge in [-0.25, -0.2) is 8.91 Å². The van der Waals surface area contributed by atoms with Crippen molar-refractivity contribution in [2.75, 3.05) is 13.2 Å². The van der Waals surface area contributed by atoms with Crippen LogP contribution in [0.15, 0.2) is 71.8 Å². The van der Waals surface area contributed by atoms with E-state index in [0.717, 1.165) is 16.9 Å². The standard InChI is InChI=1S/C24H23FN4O3/c1-2-32-20-9-5-18(6-10-20)21-16-22-24(31)28(13-14-29(22)27-21)12-11-26-23(30)15-17-3-7-19(25)8-4-17/h3-10,13-14,16H,2,11-12,15H2,1H3,(H,26,30). The second kappa shape index (κ2) is 9.47. The third-order valence-corrected chi connectivity index (χ3v) is 5.02. The molecular formula is C24H23FN4O3. The van der Waals surface area contributed by atoms with Gasteiger partial charge in [-0.2, -0.15) is 5.10 Å². The van der Waals surface area contributed by atoms with Crippen LogP contribution in [0, 0.1) is 5.82 Å². The van der Waals surface area contributed by atoms with Crippen molar-refractivity contribution in [1.82, 2.24) is 19.5 Å². The molecule has 164 valence electrons. The number of rotatable bonds is 8. The third kappa shape index (κ3) is 4.85. The summed E-state index contributed by atoms with van der Waals surface area (Å²) < 4.78 is 21.5. The van der Waals surface area contributed by atoms with E-state index in [1.165, 1.54) is 16.7 Å². The molecule has 0 saturated carbocycles. The summed E-state index contributed by atoms with van der Waals surface area (Å²) in [6.07, 6.45) is 3.52. The first-order valence-electron chi connectivity index (χ1n) is 10.4. The number of aromatic nitrogens is 3. The monoisotopic (exact) mass is 434 g/mol. The van der Waals surface area contributed by atoms with Gasteiger partial charge in [-0.3, -0.25) is 9.59 Å². The van der Waals surface area contributed by atoms with E-state index < -0.39 is 0 Å². The lowest BCUT2D eigenvalue weighted by atomic mass is 10.1. The van der Waals surface area contributed by atoms with E-state index in [4.69, 9.17) is 4.74 Å². The fraction of sp³-hybridized carbons (Fsp3) is 0.208. The van der Waals surface area contributed by atoms with Crippen LogP contribution in [0.1, 0.15) is 12.5 Å². The van der Waals surface area contributed by atoms with Gasteiger partial charge in [0.1, 0.15) is 17.1 Å². The summed E-state index contributed by atoms with van der Waals surface area (Å²) in [5, 5.41) is 7.28. The van der Waals surface area contributed by atoms with Crippen LogP contribution in [-0.2, 0) is 17.8 Å². The van der Waals surface area contributed by atoms with Gasteiger partial charge < -0.3 is 14.6 Å². The van der Waals surface area contributed by atoms with Gasteiger partial charge in [-0.1, -0.05) is 12.1 Å². The summed E-state index contributed by atoms with van der Waals surface area (Å²) in [5.41, 5.74) is 2.56. The number of hydrogen-bond donors (Lipinski definition) is 1. The largest absolute Gasteiger partial charge is 0.494 e. The van der Waals surface area contributed by atoms with Crippen molar-refractivity contribution in [2.45, 2.75) is 19.9 Å². The molecule has 2 heterocycles. The second-order valence-electron chi connectivity index (χ2n) is 7.27. The molecule has 0 bridgehead atoms. The van der Waals surface area contributed by atoms with Gasteiger partial charge >= 0.3 is 0 Å². The number of benzene rings is 2. The molecule has 0 fully saturated rings. The molecule has 0 aliphatic heterocycles. The van der Waals surface area contributed by atoms with Gasteiger partial charge in [0.25, 0.3) is 5.56 Å². The van der Waals surface area contributed by atoms with Crippen LogP contribution >= 0.6 is 0 Å². The molecule has 7 nitrogen and oxygen atoms in total. The van der Waals surface area contributed by atoms with E-state index in [1.807, 2.05) is 31.2 Å². The van der Waals surface area contributed by atoms with Gasteiger partial charge in [-0.05, 0) is 55.0 Å². The van der Waals surface area contributed by atoms with Crippen LogP contribution in [0.5, 0.6) is 5.75 Å². The van der Waals surface area contributed by atoms with Crippen molar-refractivity contribution in [3.63, 3.8) is 0 Å². The molecule has 1 N–H and O–H groups in total. The Bertz CT molecular complexity index is 1280. The highest BCUT2D eigenvalue weighted by molar-refractivity contribution is 5.78. The molecule has 32 heavy (non-hydrogen) atoms. The number of nitrogens with one attached hydrogen (secondary N) is 1. The Balaban J connectivity index is 1.41. The number of amides is 1. The molecular weight excluding hydrogens is 411 g/mol. The molecule has 4 aromatic rings. The van der Waals surface area contributed by atoms with Gasteiger partial charge in [0.05, 0.1) is 18.7 Å². The Kier molecular flexibility index (Phi) is 6.30. The van der Waals surface area contributed by atoms with Crippen LogP contribution < -0.4 is 15.6 Å². The maximum absolute atomic E-state index is 13.0. The van der Waals surface area contributed by atoms with Gasteiger partial charge in [0, 0.05) is 31.0 Å². The highest BCUT2D eigenvalue weighted by Crippen LogP contribution is 2.21. The Hall–Kier alpha value is -3.94. The van der Waals surface area contributed by atoms with Crippen molar-refractivity contribution in [3.8, 4) is 17.0 Å². The molecule has 2 aromatic carbocycles. The molecule has 0 atom stereocenters. The highest BCUT2D eigenvalue weighted by Gasteiger charge is 2.10. The number of hydrogen-bond acceptors (Lipinski definition) is 4. The zero-order valence-corrected chi connectivity index (χ0v) is 17.6. The van der Waals surface area contributed by atoms with E-state index in [0.29, 0.717) is 30.9 Å². The Labute approximate surface area is 184 Å². The molecule has 4 rings (SSSR count). The van der Waals surface area contributed by atoms with Crippen LogP contribution in [0.2, 0.25) is 0 Å². The van der Waals surface area contributed by atoms with Crippen LogP contribution in [0.25, 0.3) is 16.8 Å². The summed E-state index contributed by atoms with van der Waals surface area (Å²) in [4.78, 5) is 24.9. The fourth-order valence-corrected chi connectivity index (χ4v) is 3.40. The number of carbonyl (C=O) groups excluding carboxylic acids is 1. The van der Waals surface area contributed by atoms with Crippen LogP contribution in [0.3, 0.4) is 0 Å². The average molecular weight is 434 g/mol. The zero-order valence-electron chi connectivity index (χ0n) is 17.6. The first kappa shape index (κ1) is 21.3. The number of fused-ring (bicyclic) bond motifs is 1. The lowest BCUT2D eigenvalue weighted by Crippen LogP contribution is -2.32. The van der Waals surface area contributed by atoms with Crippen molar-refractivity contribution >= 4 is 11.4 Å². The Morgan fingerprint density at radius 1 is 1.09 bits per heavy atom. The Morgan fingerprint density at radius 3 is 2.56 bits per heavy atom. The van der Waals surface area contributed by atoms with Crippen molar-refractivity contribution < 1.29 is 13.9 Å². The van der Waals surface area contributed by atoms with E-state index in [9.17, 15) is 14.0 Å². The molecule has 0 radical (unpaired) electrons. The number of halogens is 1. The van der Waals surface area contributed by atoms with Crippen molar-refractivity contribution in [2.24, 2.45) is 0 Å². The summed E-state index contributed by atoms with van der Waals surface area (Å²) in [5.74, 6) is 0.256. The summed E-state index contributed by atoms with van der Waals surface area (Å²) in [6, 6.07) is 15.1. The van der Waals surface area contributed by atoms with Crippen LogP contribution in [0.4, 0.5) is 4.39 Å². The predicted molar refractivity (Wildman–Crippen MR) is 119 cm³/mol. The highest BCUT2D eigenvalue weighted by atomic mass is 19.1. The lowest BCUT2D eigenvalue weighted by molar-refractivity contribution is -0.120. The molecule has 0 aliphatic rings. The van der Waals surface area contributed by atoms with Crippen LogP contribution in [-0.4, -0.2) is 33.2 Å². The first-order valence-corrected chi connectivity index (χ1v) is 10.4. The summed E-state index contributed by atoms with van der Waals surface area (Å²) in [6.45, 7) is 3.15. The predicted octanol–water partition coefficient (Wildman–Crippen LogP) is 3.06.